The molecule has 2 rings (SSSR count). The van der Waals surface area contributed by atoms with Crippen molar-refractivity contribution in [1.82, 2.24) is 0 Å². The molecule has 0 saturated heterocycles. The Morgan fingerprint density at radius 1 is 0.733 bits per heavy atom. The lowest BCUT2D eigenvalue weighted by atomic mass is 10.0. The summed E-state index contributed by atoms with van der Waals surface area (Å²) in [6.45, 7) is 0. The van der Waals surface area contributed by atoms with Crippen LogP contribution in [0.3, 0.4) is 0 Å². The van der Waals surface area contributed by atoms with Crippen molar-refractivity contribution in [2.75, 3.05) is 0 Å². The van der Waals surface area contributed by atoms with Crippen LogP contribution < -0.4 is 0 Å². The first-order valence-corrected chi connectivity index (χ1v) is 5.74. The van der Waals surface area contributed by atoms with E-state index in [0.717, 1.165) is 0 Å². The predicted molar refractivity (Wildman–Crippen MR) is 69.8 cm³/mol. The van der Waals surface area contributed by atoms with E-state index in [1.54, 1.807) is 0 Å². The standard InChI is InChI=1S/C14H11Br/c15-11-10-12-6-8-14(9-7-12)13-4-2-1-3-5-13/h1-11H/b11-10-. The predicted octanol–water partition coefficient (Wildman–Crippen LogP) is 4.72. The monoisotopic (exact) mass is 258 g/mol. The molecule has 0 aliphatic heterocycles. The summed E-state index contributed by atoms with van der Waals surface area (Å²) in [6, 6.07) is 18.9. The molecule has 0 unspecified atom stereocenters. The van der Waals surface area contributed by atoms with Crippen LogP contribution in [0.2, 0.25) is 0 Å². The smallest absolute Gasteiger partial charge is 0.0183 e. The molecule has 0 nitrogen and oxygen atoms in total. The molecule has 1 heteroatoms. The van der Waals surface area contributed by atoms with E-state index in [9.17, 15) is 0 Å². The maximum Gasteiger partial charge on any atom is -0.0183 e. The molecule has 0 radical (unpaired) electrons. The quantitative estimate of drug-likeness (QED) is 0.732. The molecule has 0 amide bonds. The molecule has 2 aromatic carbocycles. The van der Waals surface area contributed by atoms with Crippen LogP contribution in [-0.2, 0) is 0 Å². The maximum absolute atomic E-state index is 3.27. The first-order chi connectivity index (χ1) is 7.40. The first kappa shape index (κ1) is 10.2. The van der Waals surface area contributed by atoms with Crippen molar-refractivity contribution in [3.05, 3.63) is 65.1 Å². The number of hydrogen-bond acceptors (Lipinski definition) is 0. The highest BCUT2D eigenvalue weighted by molar-refractivity contribution is 9.11. The molecule has 0 heterocycles. The summed E-state index contributed by atoms with van der Waals surface area (Å²) in [5.41, 5.74) is 3.71. The zero-order valence-electron chi connectivity index (χ0n) is 8.23. The van der Waals surface area contributed by atoms with Gasteiger partial charge in [0, 0.05) is 0 Å². The SMILES string of the molecule is Br/C=C\c1ccc(-c2ccccc2)cc1. The number of benzene rings is 2. The van der Waals surface area contributed by atoms with Crippen molar-refractivity contribution in [2.24, 2.45) is 0 Å². The summed E-state index contributed by atoms with van der Waals surface area (Å²) in [4.78, 5) is 1.87. The Bertz CT molecular complexity index is 441. The molecule has 0 aliphatic rings. The third kappa shape index (κ3) is 2.57. The van der Waals surface area contributed by atoms with E-state index in [0.29, 0.717) is 0 Å². The zero-order chi connectivity index (χ0) is 10.5. The largest absolute Gasteiger partial charge is 0.0622 e. The van der Waals surface area contributed by atoms with Crippen molar-refractivity contribution in [2.45, 2.75) is 0 Å². The minimum absolute atomic E-state index is 1.20. The lowest BCUT2D eigenvalue weighted by Crippen LogP contribution is -1.77. The van der Waals surface area contributed by atoms with Crippen molar-refractivity contribution in [1.29, 1.82) is 0 Å². The van der Waals surface area contributed by atoms with Gasteiger partial charge in [-0.1, -0.05) is 70.5 Å². The molecule has 0 N–H and O–H groups in total. The van der Waals surface area contributed by atoms with Gasteiger partial charge in [0.25, 0.3) is 0 Å². The Labute approximate surface area is 98.4 Å². The van der Waals surface area contributed by atoms with E-state index in [1.165, 1.54) is 16.7 Å². The first-order valence-electron chi connectivity index (χ1n) is 4.82. The van der Waals surface area contributed by atoms with Crippen LogP contribution in [0.5, 0.6) is 0 Å². The van der Waals surface area contributed by atoms with E-state index in [-0.39, 0.29) is 0 Å². The molecule has 74 valence electrons. The van der Waals surface area contributed by atoms with Crippen LogP contribution in [0.1, 0.15) is 5.56 Å². The fraction of sp³-hybridized carbons (Fsp3) is 0. The lowest BCUT2D eigenvalue weighted by Gasteiger charge is -2.01. The van der Waals surface area contributed by atoms with Gasteiger partial charge in [-0.05, 0) is 27.8 Å². The van der Waals surface area contributed by atoms with Gasteiger partial charge < -0.3 is 0 Å². The van der Waals surface area contributed by atoms with Gasteiger partial charge in [0.05, 0.1) is 0 Å². The second kappa shape index (κ2) is 4.94. The summed E-state index contributed by atoms with van der Waals surface area (Å²) in [5, 5.41) is 0. The highest BCUT2D eigenvalue weighted by Crippen LogP contribution is 2.19. The molecular formula is C14H11Br. The fourth-order valence-corrected chi connectivity index (χ4v) is 1.80. The minimum atomic E-state index is 1.20. The van der Waals surface area contributed by atoms with Crippen LogP contribution in [0.4, 0.5) is 0 Å². The highest BCUT2D eigenvalue weighted by atomic mass is 79.9. The number of hydrogen-bond donors (Lipinski definition) is 0. The maximum atomic E-state index is 3.27. The molecule has 0 aromatic heterocycles. The highest BCUT2D eigenvalue weighted by Gasteiger charge is 1.94. The molecule has 0 saturated carbocycles. The van der Waals surface area contributed by atoms with Gasteiger partial charge in [-0.2, -0.15) is 0 Å². The summed E-state index contributed by atoms with van der Waals surface area (Å²) < 4.78 is 0. The van der Waals surface area contributed by atoms with Gasteiger partial charge in [-0.25, -0.2) is 0 Å². The summed E-state index contributed by atoms with van der Waals surface area (Å²) in [5.74, 6) is 0. The molecule has 15 heavy (non-hydrogen) atoms. The third-order valence-electron chi connectivity index (χ3n) is 2.27. The average Bonchev–Trinajstić information content (AvgIpc) is 2.32. The van der Waals surface area contributed by atoms with E-state index in [2.05, 4.69) is 64.5 Å². The van der Waals surface area contributed by atoms with Gasteiger partial charge in [-0.3, -0.25) is 0 Å². The van der Waals surface area contributed by atoms with Gasteiger partial charge >= 0.3 is 0 Å². The second-order valence-corrected chi connectivity index (χ2v) is 3.81. The van der Waals surface area contributed by atoms with E-state index >= 15 is 0 Å². The van der Waals surface area contributed by atoms with Gasteiger partial charge in [0.1, 0.15) is 0 Å². The Morgan fingerprint density at radius 2 is 1.33 bits per heavy atom. The topological polar surface area (TPSA) is 0 Å². The number of rotatable bonds is 2. The minimum Gasteiger partial charge on any atom is -0.0622 e. The average molecular weight is 259 g/mol. The third-order valence-corrected chi connectivity index (χ3v) is 2.54. The van der Waals surface area contributed by atoms with Crippen LogP contribution in [0.25, 0.3) is 17.2 Å². The van der Waals surface area contributed by atoms with Crippen LogP contribution in [-0.4, -0.2) is 0 Å². The Kier molecular flexibility index (Phi) is 3.36. The Hall–Kier alpha value is -1.34. The van der Waals surface area contributed by atoms with Crippen molar-refractivity contribution < 1.29 is 0 Å². The van der Waals surface area contributed by atoms with Gasteiger partial charge in [0.2, 0.25) is 0 Å². The van der Waals surface area contributed by atoms with E-state index in [4.69, 9.17) is 0 Å². The van der Waals surface area contributed by atoms with Crippen molar-refractivity contribution >= 4 is 22.0 Å². The van der Waals surface area contributed by atoms with Crippen LogP contribution >= 0.6 is 15.9 Å². The molecule has 0 atom stereocenters. The molecule has 0 fully saturated rings. The van der Waals surface area contributed by atoms with E-state index < -0.39 is 0 Å². The van der Waals surface area contributed by atoms with E-state index in [1.807, 2.05) is 17.1 Å². The molecule has 0 spiro atoms. The molecule has 0 bridgehead atoms. The van der Waals surface area contributed by atoms with Crippen molar-refractivity contribution in [3.63, 3.8) is 0 Å². The summed E-state index contributed by atoms with van der Waals surface area (Å²) in [6.07, 6.45) is 2.02. The summed E-state index contributed by atoms with van der Waals surface area (Å²) >= 11 is 3.27. The van der Waals surface area contributed by atoms with Gasteiger partial charge in [0.15, 0.2) is 0 Å². The Morgan fingerprint density at radius 3 is 1.93 bits per heavy atom. The summed E-state index contributed by atoms with van der Waals surface area (Å²) in [7, 11) is 0. The van der Waals surface area contributed by atoms with Crippen LogP contribution in [0, 0.1) is 0 Å². The second-order valence-electron chi connectivity index (χ2n) is 3.28. The lowest BCUT2D eigenvalue weighted by molar-refractivity contribution is 1.60. The van der Waals surface area contributed by atoms with Gasteiger partial charge in [-0.15, -0.1) is 0 Å². The van der Waals surface area contributed by atoms with Crippen LogP contribution in [0.15, 0.2) is 59.6 Å². The fourth-order valence-electron chi connectivity index (χ4n) is 1.49. The van der Waals surface area contributed by atoms with Crippen molar-refractivity contribution in [3.8, 4) is 11.1 Å². The molecular weight excluding hydrogens is 248 g/mol. The Balaban J connectivity index is 2.32. The number of halogens is 1. The zero-order valence-corrected chi connectivity index (χ0v) is 9.81. The normalized spacial score (nSPS) is 10.7. The molecule has 0 aliphatic carbocycles. The molecule has 2 aromatic rings.